The van der Waals surface area contributed by atoms with Crippen LogP contribution in [0.5, 0.6) is 0 Å². The first kappa shape index (κ1) is 12.6. The molecule has 3 rings (SSSR count). The van der Waals surface area contributed by atoms with E-state index in [4.69, 9.17) is 0 Å². The number of thiophene rings is 1. The summed E-state index contributed by atoms with van der Waals surface area (Å²) in [6.45, 7) is 1.99. The lowest BCUT2D eigenvalue weighted by Crippen LogP contribution is -2.08. The Morgan fingerprint density at radius 3 is 2.89 bits per heavy atom. The number of hydrogen-bond acceptors (Lipinski definition) is 3. The number of nitrogens with zero attached hydrogens (tertiary/aromatic N) is 2. The van der Waals surface area contributed by atoms with E-state index in [0.717, 1.165) is 16.1 Å². The van der Waals surface area contributed by atoms with Gasteiger partial charge in [-0.15, -0.1) is 11.3 Å². The molecule has 4 heteroatoms. The first-order valence-electron chi connectivity index (χ1n) is 6.85. The molecule has 2 aromatic heterocycles. The minimum atomic E-state index is 0.184. The second-order valence-electron chi connectivity index (χ2n) is 5.26. The van der Waals surface area contributed by atoms with E-state index in [2.05, 4.69) is 9.78 Å². The number of aromatic nitrogens is 2. The largest absolute Gasteiger partial charge is 0.293 e. The van der Waals surface area contributed by atoms with Gasteiger partial charge in [-0.3, -0.25) is 9.48 Å². The molecule has 1 aliphatic carbocycles. The molecule has 0 N–H and O–H groups in total. The zero-order chi connectivity index (χ0) is 13.2. The van der Waals surface area contributed by atoms with Crippen molar-refractivity contribution in [3.8, 4) is 0 Å². The Bertz CT molecular complexity index is 578. The molecule has 1 fully saturated rings. The molecule has 3 nitrogen and oxygen atoms in total. The predicted octanol–water partition coefficient (Wildman–Crippen LogP) is 3.79. The zero-order valence-electron chi connectivity index (χ0n) is 11.1. The fourth-order valence-electron chi connectivity index (χ4n) is 2.75. The summed E-state index contributed by atoms with van der Waals surface area (Å²) in [7, 11) is 0. The number of rotatable bonds is 4. The van der Waals surface area contributed by atoms with E-state index in [-0.39, 0.29) is 5.78 Å². The second-order valence-corrected chi connectivity index (χ2v) is 6.17. The molecule has 0 unspecified atom stereocenters. The molecule has 0 radical (unpaired) electrons. The van der Waals surface area contributed by atoms with Crippen molar-refractivity contribution in [3.05, 3.63) is 39.8 Å². The van der Waals surface area contributed by atoms with Gasteiger partial charge in [0, 0.05) is 6.20 Å². The molecule has 0 aromatic carbocycles. The highest BCUT2D eigenvalue weighted by Crippen LogP contribution is 2.28. The van der Waals surface area contributed by atoms with Crippen LogP contribution in [0.3, 0.4) is 0 Å². The van der Waals surface area contributed by atoms with Gasteiger partial charge in [0.2, 0.25) is 0 Å². The summed E-state index contributed by atoms with van der Waals surface area (Å²) < 4.78 is 2.05. The van der Waals surface area contributed by atoms with Gasteiger partial charge < -0.3 is 0 Å². The number of ketones is 1. The predicted molar refractivity (Wildman–Crippen MR) is 76.8 cm³/mol. The van der Waals surface area contributed by atoms with Crippen molar-refractivity contribution in [2.75, 3.05) is 0 Å². The van der Waals surface area contributed by atoms with E-state index in [9.17, 15) is 4.79 Å². The van der Waals surface area contributed by atoms with Crippen LogP contribution in [0.25, 0.3) is 0 Å². The monoisotopic (exact) mass is 274 g/mol. The van der Waals surface area contributed by atoms with Crippen LogP contribution in [-0.2, 0) is 6.42 Å². The maximum atomic E-state index is 12.2. The van der Waals surface area contributed by atoms with Crippen molar-refractivity contribution < 1.29 is 4.79 Å². The van der Waals surface area contributed by atoms with E-state index < -0.39 is 0 Å². The van der Waals surface area contributed by atoms with Crippen LogP contribution in [0.1, 0.15) is 52.7 Å². The number of carbonyl (C=O) groups excluding carboxylic acids is 1. The number of carbonyl (C=O) groups is 1. The van der Waals surface area contributed by atoms with Gasteiger partial charge in [-0.05, 0) is 42.8 Å². The molecular formula is C15H18N2OS. The maximum absolute atomic E-state index is 12.2. The van der Waals surface area contributed by atoms with Crippen LogP contribution in [0.4, 0.5) is 0 Å². The van der Waals surface area contributed by atoms with Gasteiger partial charge >= 0.3 is 0 Å². The average molecular weight is 274 g/mol. The molecular weight excluding hydrogens is 256 g/mol. The summed E-state index contributed by atoms with van der Waals surface area (Å²) in [5.74, 6) is 0.184. The van der Waals surface area contributed by atoms with Crippen molar-refractivity contribution in [2.24, 2.45) is 0 Å². The second kappa shape index (κ2) is 5.29. The zero-order valence-corrected chi connectivity index (χ0v) is 11.9. The molecule has 0 bridgehead atoms. The van der Waals surface area contributed by atoms with E-state index in [1.54, 1.807) is 0 Å². The van der Waals surface area contributed by atoms with Gasteiger partial charge in [-0.1, -0.05) is 12.8 Å². The Labute approximate surface area is 117 Å². The Morgan fingerprint density at radius 2 is 2.21 bits per heavy atom. The Kier molecular flexibility index (Phi) is 3.51. The summed E-state index contributed by atoms with van der Waals surface area (Å²) in [5.41, 5.74) is 1.97. The quantitative estimate of drug-likeness (QED) is 0.795. The standard InChI is InChI=1S/C15H18N2OS/c1-11-7-9-19-15(11)14(18)10-12-6-8-17(16-12)13-4-2-3-5-13/h6-9,13H,2-5,10H2,1H3. The van der Waals surface area contributed by atoms with E-state index >= 15 is 0 Å². The van der Waals surface area contributed by atoms with Gasteiger partial charge in [-0.2, -0.15) is 5.10 Å². The smallest absolute Gasteiger partial charge is 0.179 e. The van der Waals surface area contributed by atoms with E-state index in [1.807, 2.05) is 30.6 Å². The van der Waals surface area contributed by atoms with Crippen molar-refractivity contribution in [1.29, 1.82) is 0 Å². The molecule has 0 aliphatic heterocycles. The van der Waals surface area contributed by atoms with E-state index in [1.165, 1.54) is 37.0 Å². The van der Waals surface area contributed by atoms with Gasteiger partial charge in [0.1, 0.15) is 0 Å². The summed E-state index contributed by atoms with van der Waals surface area (Å²) in [6, 6.07) is 4.53. The lowest BCUT2D eigenvalue weighted by Gasteiger charge is -2.08. The highest BCUT2D eigenvalue weighted by Gasteiger charge is 2.18. The molecule has 0 spiro atoms. The van der Waals surface area contributed by atoms with Gasteiger partial charge in [0.15, 0.2) is 5.78 Å². The fourth-order valence-corrected chi connectivity index (χ4v) is 3.61. The highest BCUT2D eigenvalue weighted by molar-refractivity contribution is 7.12. The third-order valence-electron chi connectivity index (χ3n) is 3.82. The topological polar surface area (TPSA) is 34.9 Å². The third-order valence-corrected chi connectivity index (χ3v) is 4.88. The Hall–Kier alpha value is -1.42. The van der Waals surface area contributed by atoms with Crippen LogP contribution < -0.4 is 0 Å². The molecule has 2 aromatic rings. The molecule has 1 aliphatic rings. The summed E-state index contributed by atoms with van der Waals surface area (Å²) in [6.07, 6.45) is 7.49. The third kappa shape index (κ3) is 2.63. The number of aryl methyl sites for hydroxylation is 1. The molecule has 0 saturated heterocycles. The van der Waals surface area contributed by atoms with Crippen LogP contribution in [-0.4, -0.2) is 15.6 Å². The summed E-state index contributed by atoms with van der Waals surface area (Å²) >= 11 is 1.52. The van der Waals surface area contributed by atoms with Crippen molar-refractivity contribution in [1.82, 2.24) is 9.78 Å². The molecule has 19 heavy (non-hydrogen) atoms. The SMILES string of the molecule is Cc1ccsc1C(=O)Cc1ccn(C2CCCC2)n1. The number of Topliss-reactive ketones (excluding diaryl/α,β-unsaturated/α-hetero) is 1. The van der Waals surface area contributed by atoms with Gasteiger partial charge in [-0.25, -0.2) is 0 Å². The lowest BCUT2D eigenvalue weighted by atomic mass is 10.1. The maximum Gasteiger partial charge on any atom is 0.179 e. The van der Waals surface area contributed by atoms with Crippen molar-refractivity contribution in [3.63, 3.8) is 0 Å². The van der Waals surface area contributed by atoms with Crippen LogP contribution in [0, 0.1) is 6.92 Å². The van der Waals surface area contributed by atoms with Crippen LogP contribution in [0.15, 0.2) is 23.7 Å². The first-order valence-corrected chi connectivity index (χ1v) is 7.73. The molecule has 2 heterocycles. The van der Waals surface area contributed by atoms with Crippen LogP contribution >= 0.6 is 11.3 Å². The molecule has 0 atom stereocenters. The first-order chi connectivity index (χ1) is 9.24. The minimum absolute atomic E-state index is 0.184. The summed E-state index contributed by atoms with van der Waals surface area (Å²) in [5, 5.41) is 6.54. The Morgan fingerprint density at radius 1 is 1.42 bits per heavy atom. The van der Waals surface area contributed by atoms with E-state index in [0.29, 0.717) is 12.5 Å². The fraction of sp³-hybridized carbons (Fsp3) is 0.467. The summed E-state index contributed by atoms with van der Waals surface area (Å²) in [4.78, 5) is 13.1. The van der Waals surface area contributed by atoms with Gasteiger partial charge in [0.25, 0.3) is 0 Å². The van der Waals surface area contributed by atoms with Crippen molar-refractivity contribution in [2.45, 2.75) is 45.1 Å². The Balaban J connectivity index is 1.70. The van der Waals surface area contributed by atoms with Crippen LogP contribution in [0.2, 0.25) is 0 Å². The van der Waals surface area contributed by atoms with Gasteiger partial charge in [0.05, 0.1) is 23.0 Å². The average Bonchev–Trinajstić information content (AvgIpc) is 3.07. The number of hydrogen-bond donors (Lipinski definition) is 0. The minimum Gasteiger partial charge on any atom is -0.293 e. The molecule has 1 saturated carbocycles. The lowest BCUT2D eigenvalue weighted by molar-refractivity contribution is 0.0995. The molecule has 0 amide bonds. The van der Waals surface area contributed by atoms with Crippen molar-refractivity contribution >= 4 is 17.1 Å². The highest BCUT2D eigenvalue weighted by atomic mass is 32.1. The molecule has 100 valence electrons. The normalized spacial score (nSPS) is 16.1.